The predicted molar refractivity (Wildman–Crippen MR) is 37.5 cm³/mol. The monoisotopic (exact) mass is 129 g/mol. The molecule has 1 rings (SSSR count). The molecular formula is C7H15NO. The Morgan fingerprint density at radius 3 is 2.11 bits per heavy atom. The van der Waals surface area contributed by atoms with Crippen LogP contribution in [0.5, 0.6) is 0 Å². The zero-order valence-electron chi connectivity index (χ0n) is 6.40. The Labute approximate surface area is 56.6 Å². The summed E-state index contributed by atoms with van der Waals surface area (Å²) in [7, 11) is 0. The largest absolute Gasteiger partial charge is 0.370 e. The van der Waals surface area contributed by atoms with Crippen LogP contribution in [-0.2, 0) is 4.74 Å². The van der Waals surface area contributed by atoms with Crippen molar-refractivity contribution in [2.24, 2.45) is 0 Å². The van der Waals surface area contributed by atoms with Crippen molar-refractivity contribution in [3.63, 3.8) is 0 Å². The third-order valence-electron chi connectivity index (χ3n) is 1.52. The average Bonchev–Trinajstić information content (AvgIpc) is 1.60. The lowest BCUT2D eigenvalue weighted by Gasteiger charge is -2.40. The highest BCUT2D eigenvalue weighted by Crippen LogP contribution is 2.16. The highest BCUT2D eigenvalue weighted by molar-refractivity contribution is 4.90. The Balaban J connectivity index is 2.24. The third kappa shape index (κ3) is 1.66. The second-order valence-electron chi connectivity index (χ2n) is 3.22. The predicted octanol–water partition coefficient (Wildman–Crippen LogP) is 0.773. The highest BCUT2D eigenvalue weighted by atomic mass is 16.5. The minimum atomic E-state index is 0.133. The average molecular weight is 129 g/mol. The van der Waals surface area contributed by atoms with Crippen molar-refractivity contribution in [2.45, 2.75) is 32.5 Å². The van der Waals surface area contributed by atoms with Crippen LogP contribution in [0.25, 0.3) is 0 Å². The number of rotatable bonds is 2. The number of ether oxygens (including phenoxy) is 1. The molecule has 0 aliphatic carbocycles. The van der Waals surface area contributed by atoms with Crippen LogP contribution in [0, 0.1) is 0 Å². The first-order valence-corrected chi connectivity index (χ1v) is 3.51. The van der Waals surface area contributed by atoms with Crippen LogP contribution in [0.1, 0.15) is 20.8 Å². The molecule has 0 bridgehead atoms. The quantitative estimate of drug-likeness (QED) is 0.594. The number of hydrogen-bond donors (Lipinski definition) is 1. The van der Waals surface area contributed by atoms with Crippen molar-refractivity contribution in [1.29, 1.82) is 0 Å². The molecule has 1 fully saturated rings. The second kappa shape index (κ2) is 2.27. The summed E-state index contributed by atoms with van der Waals surface area (Å²) < 4.78 is 5.61. The Hall–Kier alpha value is -0.0800. The van der Waals surface area contributed by atoms with E-state index in [-0.39, 0.29) is 5.60 Å². The van der Waals surface area contributed by atoms with Crippen LogP contribution < -0.4 is 5.32 Å². The summed E-state index contributed by atoms with van der Waals surface area (Å²) in [6.45, 7) is 8.30. The Morgan fingerprint density at radius 1 is 1.44 bits per heavy atom. The van der Waals surface area contributed by atoms with Crippen molar-refractivity contribution < 1.29 is 4.74 Å². The molecule has 2 heteroatoms. The molecule has 2 nitrogen and oxygen atoms in total. The maximum atomic E-state index is 5.61. The molecule has 1 N–H and O–H groups in total. The molecular weight excluding hydrogens is 114 g/mol. The number of nitrogens with one attached hydrogen (secondary N) is 1. The lowest BCUT2D eigenvalue weighted by molar-refractivity contribution is -0.0975. The summed E-state index contributed by atoms with van der Waals surface area (Å²) in [6, 6.07) is 0. The summed E-state index contributed by atoms with van der Waals surface area (Å²) in [5.41, 5.74) is 0.133. The van der Waals surface area contributed by atoms with Gasteiger partial charge in [0.1, 0.15) is 0 Å². The van der Waals surface area contributed by atoms with E-state index in [0.29, 0.717) is 6.10 Å². The molecule has 1 aliphatic rings. The van der Waals surface area contributed by atoms with Gasteiger partial charge in [0.2, 0.25) is 0 Å². The van der Waals surface area contributed by atoms with Crippen LogP contribution in [0.3, 0.4) is 0 Å². The third-order valence-corrected chi connectivity index (χ3v) is 1.52. The van der Waals surface area contributed by atoms with Crippen molar-refractivity contribution in [2.75, 3.05) is 13.1 Å². The fraction of sp³-hybridized carbons (Fsp3) is 1.00. The highest BCUT2D eigenvalue weighted by Gasteiger charge is 2.32. The summed E-state index contributed by atoms with van der Waals surface area (Å²) in [5, 5.41) is 3.18. The van der Waals surface area contributed by atoms with Gasteiger partial charge in [0.05, 0.1) is 11.7 Å². The Kier molecular flexibility index (Phi) is 1.78. The topological polar surface area (TPSA) is 21.3 Å². The molecule has 0 aromatic rings. The van der Waals surface area contributed by atoms with E-state index < -0.39 is 0 Å². The van der Waals surface area contributed by atoms with E-state index in [0.717, 1.165) is 13.1 Å². The van der Waals surface area contributed by atoms with Crippen molar-refractivity contribution in [3.05, 3.63) is 0 Å². The molecule has 0 saturated carbocycles. The molecule has 1 aliphatic heterocycles. The van der Waals surface area contributed by atoms with Crippen LogP contribution in [0.2, 0.25) is 0 Å². The summed E-state index contributed by atoms with van der Waals surface area (Å²) in [6.07, 6.45) is 0.358. The minimum absolute atomic E-state index is 0.133. The summed E-state index contributed by atoms with van der Waals surface area (Å²) in [5.74, 6) is 0. The standard InChI is InChI=1S/C7H15NO/c1-6(2)9-7(3)4-8-5-7/h6,8H,4-5H2,1-3H3. The SMILES string of the molecule is CC(C)OC1(C)CNC1. The van der Waals surface area contributed by atoms with Gasteiger partial charge in [-0.05, 0) is 20.8 Å². The van der Waals surface area contributed by atoms with E-state index in [2.05, 4.69) is 26.1 Å². The van der Waals surface area contributed by atoms with Crippen molar-refractivity contribution >= 4 is 0 Å². The molecule has 0 amide bonds. The van der Waals surface area contributed by atoms with Gasteiger partial charge in [-0.2, -0.15) is 0 Å². The van der Waals surface area contributed by atoms with Crippen molar-refractivity contribution in [3.8, 4) is 0 Å². The van der Waals surface area contributed by atoms with Crippen LogP contribution in [0.15, 0.2) is 0 Å². The van der Waals surface area contributed by atoms with Gasteiger partial charge in [-0.15, -0.1) is 0 Å². The summed E-state index contributed by atoms with van der Waals surface area (Å²) >= 11 is 0. The molecule has 9 heavy (non-hydrogen) atoms. The molecule has 0 unspecified atom stereocenters. The molecule has 54 valence electrons. The normalized spacial score (nSPS) is 24.0. The van der Waals surface area contributed by atoms with Crippen molar-refractivity contribution in [1.82, 2.24) is 5.32 Å². The van der Waals surface area contributed by atoms with Gasteiger partial charge in [0, 0.05) is 13.1 Å². The van der Waals surface area contributed by atoms with Gasteiger partial charge in [-0.25, -0.2) is 0 Å². The molecule has 0 spiro atoms. The smallest absolute Gasteiger partial charge is 0.0905 e. The Bertz CT molecular complexity index is 97.1. The van der Waals surface area contributed by atoms with E-state index in [1.165, 1.54) is 0 Å². The first-order chi connectivity index (χ1) is 4.12. The fourth-order valence-electron chi connectivity index (χ4n) is 1.13. The molecule has 0 aromatic heterocycles. The van der Waals surface area contributed by atoms with E-state index in [1.807, 2.05) is 0 Å². The maximum Gasteiger partial charge on any atom is 0.0905 e. The molecule has 0 aromatic carbocycles. The maximum absolute atomic E-state index is 5.61. The molecule has 0 radical (unpaired) electrons. The van der Waals surface area contributed by atoms with Gasteiger partial charge >= 0.3 is 0 Å². The zero-order valence-corrected chi connectivity index (χ0v) is 6.40. The Morgan fingerprint density at radius 2 is 2.00 bits per heavy atom. The van der Waals surface area contributed by atoms with Gasteiger partial charge in [-0.3, -0.25) is 0 Å². The van der Waals surface area contributed by atoms with Gasteiger partial charge in [0.25, 0.3) is 0 Å². The lowest BCUT2D eigenvalue weighted by atomic mass is 10.00. The van der Waals surface area contributed by atoms with Crippen LogP contribution in [-0.4, -0.2) is 24.8 Å². The molecule has 0 atom stereocenters. The van der Waals surface area contributed by atoms with E-state index in [4.69, 9.17) is 4.74 Å². The molecule has 1 heterocycles. The van der Waals surface area contributed by atoms with E-state index in [9.17, 15) is 0 Å². The first-order valence-electron chi connectivity index (χ1n) is 3.51. The van der Waals surface area contributed by atoms with Crippen LogP contribution in [0.4, 0.5) is 0 Å². The minimum Gasteiger partial charge on any atom is -0.370 e. The first kappa shape index (κ1) is 7.03. The van der Waals surface area contributed by atoms with E-state index in [1.54, 1.807) is 0 Å². The number of hydrogen-bond acceptors (Lipinski definition) is 2. The van der Waals surface area contributed by atoms with Crippen LogP contribution >= 0.6 is 0 Å². The van der Waals surface area contributed by atoms with E-state index >= 15 is 0 Å². The fourth-order valence-corrected chi connectivity index (χ4v) is 1.13. The second-order valence-corrected chi connectivity index (χ2v) is 3.22. The van der Waals surface area contributed by atoms with Gasteiger partial charge in [0.15, 0.2) is 0 Å². The zero-order chi connectivity index (χ0) is 6.91. The lowest BCUT2D eigenvalue weighted by Crippen LogP contribution is -2.59. The van der Waals surface area contributed by atoms with Gasteiger partial charge < -0.3 is 10.1 Å². The molecule has 1 saturated heterocycles. The van der Waals surface area contributed by atoms with Gasteiger partial charge in [-0.1, -0.05) is 0 Å². The summed E-state index contributed by atoms with van der Waals surface area (Å²) in [4.78, 5) is 0.